The Balaban J connectivity index is 1.76. The maximum Gasteiger partial charge on any atom is 0.260 e. The van der Waals surface area contributed by atoms with Gasteiger partial charge in [0, 0.05) is 6.07 Å². The van der Waals surface area contributed by atoms with Crippen LogP contribution in [0.15, 0.2) is 24.3 Å². The third-order valence-corrected chi connectivity index (χ3v) is 4.57. The molecule has 3 rings (SSSR count). The second-order valence-corrected chi connectivity index (χ2v) is 6.08. The summed E-state index contributed by atoms with van der Waals surface area (Å²) in [5.41, 5.74) is 0.138. The Hall–Kier alpha value is -1.76. The lowest BCUT2D eigenvalue weighted by molar-refractivity contribution is -0.358. The van der Waals surface area contributed by atoms with Gasteiger partial charge in [-0.3, -0.25) is 4.79 Å². The van der Waals surface area contributed by atoms with Crippen LogP contribution in [0.3, 0.4) is 0 Å². The molecule has 118 valence electrons. The summed E-state index contributed by atoms with van der Waals surface area (Å²) in [6.07, 6.45) is 0.143. The lowest BCUT2D eigenvalue weighted by Crippen LogP contribution is -2.42. The first-order valence-electron chi connectivity index (χ1n) is 7.40. The van der Waals surface area contributed by atoms with Crippen molar-refractivity contribution in [3.05, 3.63) is 35.0 Å². The number of para-hydroxylation sites is 1. The number of fused-ring (bicyclic) bond motifs is 1. The molecule has 2 aliphatic rings. The van der Waals surface area contributed by atoms with Crippen LogP contribution in [0.5, 0.6) is 0 Å². The van der Waals surface area contributed by atoms with Crippen molar-refractivity contribution in [1.82, 2.24) is 0 Å². The van der Waals surface area contributed by atoms with E-state index in [0.717, 1.165) is 0 Å². The molecule has 6 heteroatoms. The van der Waals surface area contributed by atoms with Crippen LogP contribution in [0, 0.1) is 5.21 Å². The molecule has 0 radical (unpaired) electrons. The van der Waals surface area contributed by atoms with Crippen molar-refractivity contribution < 1.29 is 24.5 Å². The zero-order valence-electron chi connectivity index (χ0n) is 12.4. The summed E-state index contributed by atoms with van der Waals surface area (Å²) in [4.78, 5) is 12.3. The van der Waals surface area contributed by atoms with E-state index in [2.05, 4.69) is 0 Å². The molecule has 0 aromatic heterocycles. The number of ether oxygens (including phenoxy) is 1. The Morgan fingerprint density at radius 2 is 2.23 bits per heavy atom. The zero-order valence-corrected chi connectivity index (χ0v) is 12.4. The van der Waals surface area contributed by atoms with Crippen LogP contribution in [-0.4, -0.2) is 50.9 Å². The SMILES string of the molecule is C[C@@]1([C@@H](O)CO)CC[C@@H](CC2=[N+]([O-])c3ccccc3C2=O)O1. The van der Waals surface area contributed by atoms with Gasteiger partial charge in [-0.25, -0.2) is 0 Å². The summed E-state index contributed by atoms with van der Waals surface area (Å²) >= 11 is 0. The molecule has 3 atom stereocenters. The van der Waals surface area contributed by atoms with Crippen molar-refractivity contribution in [3.63, 3.8) is 0 Å². The Bertz CT molecular complexity index is 641. The van der Waals surface area contributed by atoms with Gasteiger partial charge in [-0.05, 0) is 25.8 Å². The number of hydrogen-bond acceptors (Lipinski definition) is 5. The molecule has 22 heavy (non-hydrogen) atoms. The number of ketones is 1. The lowest BCUT2D eigenvalue weighted by atomic mass is 9.95. The van der Waals surface area contributed by atoms with Crippen molar-refractivity contribution in [2.75, 3.05) is 6.61 Å². The van der Waals surface area contributed by atoms with E-state index in [1.807, 2.05) is 0 Å². The summed E-state index contributed by atoms with van der Waals surface area (Å²) in [5, 5.41) is 31.2. The number of benzene rings is 1. The first kappa shape index (κ1) is 15.1. The number of Topliss-reactive ketones (excluding diaryl/α,β-unsaturated/α-hetero) is 1. The van der Waals surface area contributed by atoms with Gasteiger partial charge in [0.2, 0.25) is 11.4 Å². The highest BCUT2D eigenvalue weighted by Gasteiger charge is 2.44. The number of hydrogen-bond donors (Lipinski definition) is 2. The zero-order chi connectivity index (χ0) is 15.9. The monoisotopic (exact) mass is 305 g/mol. The first-order valence-corrected chi connectivity index (χ1v) is 7.40. The van der Waals surface area contributed by atoms with Crippen LogP contribution in [0.4, 0.5) is 5.69 Å². The molecule has 0 spiro atoms. The fourth-order valence-electron chi connectivity index (χ4n) is 3.16. The molecule has 1 saturated heterocycles. The molecule has 0 bridgehead atoms. The number of aliphatic hydroxyl groups is 2. The molecule has 0 saturated carbocycles. The summed E-state index contributed by atoms with van der Waals surface area (Å²) in [7, 11) is 0. The molecule has 0 aliphatic carbocycles. The van der Waals surface area contributed by atoms with Gasteiger partial charge in [-0.1, -0.05) is 12.1 Å². The fraction of sp³-hybridized carbons (Fsp3) is 0.500. The van der Waals surface area contributed by atoms with Crippen molar-refractivity contribution in [2.24, 2.45) is 0 Å². The van der Waals surface area contributed by atoms with Crippen LogP contribution >= 0.6 is 0 Å². The Morgan fingerprint density at radius 1 is 1.50 bits per heavy atom. The van der Waals surface area contributed by atoms with Gasteiger partial charge in [0.25, 0.3) is 5.78 Å². The minimum absolute atomic E-state index is 0.175. The summed E-state index contributed by atoms with van der Waals surface area (Å²) in [6.45, 7) is 1.36. The predicted molar refractivity (Wildman–Crippen MR) is 79.3 cm³/mol. The fourth-order valence-corrected chi connectivity index (χ4v) is 3.16. The van der Waals surface area contributed by atoms with Gasteiger partial charge in [-0.15, -0.1) is 0 Å². The molecule has 0 unspecified atom stereocenters. The average molecular weight is 305 g/mol. The van der Waals surface area contributed by atoms with Crippen molar-refractivity contribution in [3.8, 4) is 0 Å². The number of carbonyl (C=O) groups is 1. The van der Waals surface area contributed by atoms with Crippen LogP contribution in [0.25, 0.3) is 0 Å². The van der Waals surface area contributed by atoms with E-state index in [1.165, 1.54) is 0 Å². The smallest absolute Gasteiger partial charge is 0.260 e. The molecule has 2 heterocycles. The molecule has 6 nitrogen and oxygen atoms in total. The Labute approximate surface area is 128 Å². The largest absolute Gasteiger partial charge is 0.618 e. The summed E-state index contributed by atoms with van der Waals surface area (Å²) in [6, 6.07) is 6.72. The standard InChI is InChI=1S/C16H19NO5/c1-16(14(19)9-18)7-6-10(22-16)8-13-15(20)11-4-2-3-5-12(11)17(13)21/h2-5,10,14,18-19H,6-9H2,1H3/t10-,14-,16-/m0/s1. The van der Waals surface area contributed by atoms with E-state index >= 15 is 0 Å². The second kappa shape index (κ2) is 5.46. The summed E-state index contributed by atoms with van der Waals surface area (Å²) in [5.74, 6) is -0.259. The summed E-state index contributed by atoms with van der Waals surface area (Å²) < 4.78 is 6.49. The highest BCUT2D eigenvalue weighted by molar-refractivity contribution is 6.47. The molecule has 0 amide bonds. The second-order valence-electron chi connectivity index (χ2n) is 6.08. The van der Waals surface area contributed by atoms with Crippen molar-refractivity contribution in [1.29, 1.82) is 0 Å². The average Bonchev–Trinajstić information content (AvgIpc) is 3.02. The quantitative estimate of drug-likeness (QED) is 0.643. The Kier molecular flexibility index (Phi) is 3.76. The third kappa shape index (κ3) is 2.33. The molecule has 2 N–H and O–H groups in total. The van der Waals surface area contributed by atoms with Crippen LogP contribution < -0.4 is 0 Å². The predicted octanol–water partition coefficient (Wildman–Crippen LogP) is 1.15. The van der Waals surface area contributed by atoms with Gasteiger partial charge < -0.3 is 20.2 Å². The molecular formula is C16H19NO5. The van der Waals surface area contributed by atoms with Crippen molar-refractivity contribution >= 4 is 17.2 Å². The normalized spacial score (nSPS) is 29.0. The number of rotatable bonds is 4. The van der Waals surface area contributed by atoms with Crippen LogP contribution in [0.1, 0.15) is 36.5 Å². The third-order valence-electron chi connectivity index (χ3n) is 4.57. The number of nitrogens with zero attached hydrogens (tertiary/aromatic N) is 1. The highest BCUT2D eigenvalue weighted by atomic mass is 16.5. The van der Waals surface area contributed by atoms with E-state index in [-0.39, 0.29) is 30.6 Å². The van der Waals surface area contributed by atoms with E-state index in [0.29, 0.717) is 28.8 Å². The number of aliphatic hydroxyl groups excluding tert-OH is 2. The van der Waals surface area contributed by atoms with E-state index < -0.39 is 11.7 Å². The molecule has 1 aromatic carbocycles. The van der Waals surface area contributed by atoms with Gasteiger partial charge in [0.15, 0.2) is 0 Å². The van der Waals surface area contributed by atoms with Gasteiger partial charge in [0.1, 0.15) is 11.7 Å². The maximum absolute atomic E-state index is 12.3. The molecular weight excluding hydrogens is 286 g/mol. The van der Waals surface area contributed by atoms with Crippen LogP contribution in [-0.2, 0) is 4.74 Å². The topological polar surface area (TPSA) is 92.8 Å². The van der Waals surface area contributed by atoms with Gasteiger partial charge in [0.05, 0.1) is 24.7 Å². The molecule has 1 aromatic rings. The van der Waals surface area contributed by atoms with Gasteiger partial charge >= 0.3 is 0 Å². The van der Waals surface area contributed by atoms with E-state index in [9.17, 15) is 15.1 Å². The minimum atomic E-state index is -0.970. The van der Waals surface area contributed by atoms with Gasteiger partial charge in [-0.2, -0.15) is 4.74 Å². The first-order chi connectivity index (χ1) is 10.5. The Morgan fingerprint density at radius 3 is 2.91 bits per heavy atom. The maximum atomic E-state index is 12.3. The lowest BCUT2D eigenvalue weighted by Gasteiger charge is -2.29. The molecule has 2 aliphatic heterocycles. The van der Waals surface area contributed by atoms with Crippen LogP contribution in [0.2, 0.25) is 0 Å². The highest BCUT2D eigenvalue weighted by Crippen LogP contribution is 2.36. The van der Waals surface area contributed by atoms with Crippen molar-refractivity contribution in [2.45, 2.75) is 44.0 Å². The van der Waals surface area contributed by atoms with E-state index in [1.54, 1.807) is 31.2 Å². The molecule has 1 fully saturated rings. The minimum Gasteiger partial charge on any atom is -0.618 e. The van der Waals surface area contributed by atoms with E-state index in [4.69, 9.17) is 9.84 Å². The number of carbonyl (C=O) groups excluding carboxylic acids is 1.